The van der Waals surface area contributed by atoms with Gasteiger partial charge >= 0.3 is 0 Å². The highest BCUT2D eigenvalue weighted by Crippen LogP contribution is 2.30. The van der Waals surface area contributed by atoms with E-state index in [0.29, 0.717) is 18.6 Å². The van der Waals surface area contributed by atoms with Crippen molar-refractivity contribution < 1.29 is 4.74 Å². The predicted molar refractivity (Wildman–Crippen MR) is 164 cm³/mol. The number of aromatic nitrogens is 4. The first-order valence-electron chi connectivity index (χ1n) is 13.2. The van der Waals surface area contributed by atoms with Gasteiger partial charge in [0.1, 0.15) is 11.4 Å². The maximum atomic E-state index is 6.01. The summed E-state index contributed by atoms with van der Waals surface area (Å²) < 4.78 is 7.61. The molecule has 2 aromatic heterocycles. The van der Waals surface area contributed by atoms with Crippen LogP contribution in [0.1, 0.15) is 42.5 Å². The number of ether oxygens (including phenoxy) is 1. The molecule has 0 unspecified atom stereocenters. The molecule has 1 aliphatic heterocycles. The van der Waals surface area contributed by atoms with Crippen molar-refractivity contribution in [3.05, 3.63) is 89.7 Å². The molecule has 0 bridgehead atoms. The summed E-state index contributed by atoms with van der Waals surface area (Å²) in [6.45, 7) is 11.1. The molecule has 210 valence electrons. The van der Waals surface area contributed by atoms with Crippen LogP contribution in [-0.4, -0.2) is 81.3 Å². The zero-order chi connectivity index (χ0) is 25.5. The van der Waals surface area contributed by atoms with E-state index in [0.717, 1.165) is 55.8 Å². The summed E-state index contributed by atoms with van der Waals surface area (Å²) in [6.07, 6.45) is 1.55. The second-order valence-electron chi connectivity index (χ2n) is 9.73. The fourth-order valence-corrected chi connectivity index (χ4v) is 5.90. The van der Waals surface area contributed by atoms with E-state index in [4.69, 9.17) is 4.74 Å². The number of rotatable bonds is 11. The van der Waals surface area contributed by atoms with Crippen molar-refractivity contribution in [2.45, 2.75) is 30.8 Å². The molecule has 1 saturated heterocycles. The third-order valence-electron chi connectivity index (χ3n) is 6.92. The van der Waals surface area contributed by atoms with E-state index in [9.17, 15) is 0 Å². The Morgan fingerprint density at radius 2 is 1.51 bits per heavy atom. The molecule has 0 radical (unpaired) electrons. The Labute approximate surface area is 248 Å². The molecule has 0 atom stereocenters. The molecule has 10 heteroatoms. The van der Waals surface area contributed by atoms with Gasteiger partial charge in [-0.3, -0.25) is 9.80 Å². The van der Waals surface area contributed by atoms with Crippen molar-refractivity contribution in [1.82, 2.24) is 29.6 Å². The molecule has 3 heterocycles. The summed E-state index contributed by atoms with van der Waals surface area (Å²) in [4.78, 5) is 9.40. The molecular weight excluding hydrogens is 551 g/mol. The van der Waals surface area contributed by atoms with Crippen LogP contribution in [0.2, 0.25) is 0 Å². The number of thioether (sulfide) groups is 1. The van der Waals surface area contributed by atoms with E-state index in [1.807, 2.05) is 0 Å². The van der Waals surface area contributed by atoms with E-state index in [2.05, 4.69) is 106 Å². The summed E-state index contributed by atoms with van der Waals surface area (Å²) in [5.41, 5.74) is 4.73. The van der Waals surface area contributed by atoms with Gasteiger partial charge in [0, 0.05) is 38.5 Å². The monoisotopic (exact) mass is 588 g/mol. The molecule has 0 aliphatic carbocycles. The van der Waals surface area contributed by atoms with Gasteiger partial charge < -0.3 is 4.74 Å². The van der Waals surface area contributed by atoms with Gasteiger partial charge in [0.2, 0.25) is 0 Å². The Morgan fingerprint density at radius 1 is 0.872 bits per heavy atom. The Morgan fingerprint density at radius 3 is 2.13 bits per heavy atom. The van der Waals surface area contributed by atoms with Crippen LogP contribution >= 0.6 is 36.6 Å². The molecule has 1 aliphatic rings. The summed E-state index contributed by atoms with van der Waals surface area (Å²) in [5.74, 6) is 1.26. The third kappa shape index (κ3) is 8.16. The minimum atomic E-state index is 0. The average Bonchev–Trinajstić information content (AvgIpc) is 3.40. The lowest BCUT2D eigenvalue weighted by atomic mass is 9.96. The lowest BCUT2D eigenvalue weighted by Gasteiger charge is -2.39. The predicted octanol–water partition coefficient (Wildman–Crippen LogP) is 5.61. The molecule has 0 N–H and O–H groups in total. The lowest BCUT2D eigenvalue weighted by Crippen LogP contribution is -2.48. The van der Waals surface area contributed by atoms with Crippen molar-refractivity contribution in [1.29, 1.82) is 0 Å². The fraction of sp³-hybridized carbons (Fsp3) is 0.414. The Kier molecular flexibility index (Phi) is 12.5. The highest BCUT2D eigenvalue weighted by Gasteiger charge is 2.26. The van der Waals surface area contributed by atoms with Gasteiger partial charge in [0.25, 0.3) is 0 Å². The smallest absolute Gasteiger partial charge is 0.176 e. The molecule has 5 rings (SSSR count). The number of fused-ring (bicyclic) bond motifs is 1. The molecule has 0 saturated carbocycles. The summed E-state index contributed by atoms with van der Waals surface area (Å²) in [5, 5.41) is 9.84. The van der Waals surface area contributed by atoms with Crippen LogP contribution in [0, 0.1) is 0 Å². The highest BCUT2D eigenvalue weighted by molar-refractivity contribution is 7.99. The van der Waals surface area contributed by atoms with E-state index in [-0.39, 0.29) is 24.8 Å². The van der Waals surface area contributed by atoms with Crippen LogP contribution in [-0.2, 0) is 4.74 Å². The third-order valence-corrected chi connectivity index (χ3v) is 7.88. The first kappa shape index (κ1) is 31.3. The molecule has 0 amide bonds. The standard InChI is InChI=1S/C29H36N6OS.2ClH/c1-23(2)26-21-27-30-22-31-35(27)32-29(26)37-20-19-36-18-17-33-13-15-34(16-14-33)28(24-9-5-3-6-10-24)25-11-7-4-8-12-25;;/h3-12,21-23,28H,13-20H2,1-2H3;2*1H. The molecule has 7 nitrogen and oxygen atoms in total. The summed E-state index contributed by atoms with van der Waals surface area (Å²) >= 11 is 1.73. The van der Waals surface area contributed by atoms with Crippen molar-refractivity contribution in [2.75, 3.05) is 51.7 Å². The number of halogens is 2. The molecule has 1 fully saturated rings. The number of nitrogens with zero attached hydrogens (tertiary/aromatic N) is 6. The van der Waals surface area contributed by atoms with Crippen molar-refractivity contribution in [2.24, 2.45) is 0 Å². The molecule has 4 aromatic rings. The maximum absolute atomic E-state index is 6.01. The van der Waals surface area contributed by atoms with Crippen LogP contribution in [0.5, 0.6) is 0 Å². The topological polar surface area (TPSA) is 58.8 Å². The fourth-order valence-electron chi connectivity index (χ4n) is 4.91. The Hall–Kier alpha value is -2.20. The quantitative estimate of drug-likeness (QED) is 0.167. The molecule has 2 aromatic carbocycles. The van der Waals surface area contributed by atoms with E-state index in [1.165, 1.54) is 16.7 Å². The number of piperazine rings is 1. The number of benzene rings is 2. The van der Waals surface area contributed by atoms with Gasteiger partial charge in [-0.05, 0) is 28.7 Å². The van der Waals surface area contributed by atoms with E-state index >= 15 is 0 Å². The van der Waals surface area contributed by atoms with Crippen LogP contribution in [0.3, 0.4) is 0 Å². The van der Waals surface area contributed by atoms with Gasteiger partial charge in [-0.2, -0.15) is 0 Å². The minimum Gasteiger partial charge on any atom is -0.379 e. The van der Waals surface area contributed by atoms with Crippen LogP contribution in [0.15, 0.2) is 78.1 Å². The average molecular weight is 590 g/mol. The number of hydrogen-bond donors (Lipinski definition) is 0. The molecule has 0 spiro atoms. The van der Waals surface area contributed by atoms with E-state index < -0.39 is 0 Å². The van der Waals surface area contributed by atoms with Gasteiger partial charge in [-0.1, -0.05) is 74.5 Å². The Bertz CT molecular complexity index is 1210. The van der Waals surface area contributed by atoms with Gasteiger partial charge in [-0.15, -0.1) is 51.4 Å². The lowest BCUT2D eigenvalue weighted by molar-refractivity contribution is 0.0717. The first-order valence-corrected chi connectivity index (χ1v) is 14.2. The normalized spacial score (nSPS) is 14.5. The second kappa shape index (κ2) is 15.6. The SMILES string of the molecule is CC(C)c1cc2ncnn2nc1SCCOCCN1CCN(C(c2ccccc2)c2ccccc2)CC1.Cl.Cl. The van der Waals surface area contributed by atoms with Crippen molar-refractivity contribution in [3.8, 4) is 0 Å². The van der Waals surface area contributed by atoms with Gasteiger partial charge in [0.15, 0.2) is 5.65 Å². The van der Waals surface area contributed by atoms with Crippen LogP contribution in [0.4, 0.5) is 0 Å². The highest BCUT2D eigenvalue weighted by atomic mass is 35.5. The van der Waals surface area contributed by atoms with Crippen LogP contribution < -0.4 is 0 Å². The van der Waals surface area contributed by atoms with Crippen molar-refractivity contribution >= 4 is 42.2 Å². The largest absolute Gasteiger partial charge is 0.379 e. The van der Waals surface area contributed by atoms with Crippen molar-refractivity contribution in [3.63, 3.8) is 0 Å². The van der Waals surface area contributed by atoms with Gasteiger partial charge in [0.05, 0.1) is 19.3 Å². The summed E-state index contributed by atoms with van der Waals surface area (Å²) in [6, 6.07) is 24.2. The molecule has 39 heavy (non-hydrogen) atoms. The zero-order valence-corrected chi connectivity index (χ0v) is 25.0. The zero-order valence-electron chi connectivity index (χ0n) is 22.6. The van der Waals surface area contributed by atoms with Gasteiger partial charge in [-0.25, -0.2) is 4.98 Å². The molecular formula is C29H38Cl2N6OS. The maximum Gasteiger partial charge on any atom is 0.176 e. The minimum absolute atomic E-state index is 0. The number of hydrogen-bond acceptors (Lipinski definition) is 7. The van der Waals surface area contributed by atoms with E-state index in [1.54, 1.807) is 22.7 Å². The summed E-state index contributed by atoms with van der Waals surface area (Å²) in [7, 11) is 0. The van der Waals surface area contributed by atoms with Crippen LogP contribution in [0.25, 0.3) is 5.65 Å². The Balaban J connectivity index is 0.00000210. The second-order valence-corrected chi connectivity index (χ2v) is 10.8. The first-order chi connectivity index (χ1) is 18.2.